The van der Waals surface area contributed by atoms with Crippen molar-refractivity contribution in [1.29, 1.82) is 0 Å². The zero-order valence-corrected chi connectivity index (χ0v) is 18.3. The van der Waals surface area contributed by atoms with Crippen LogP contribution < -0.4 is 5.32 Å². The van der Waals surface area contributed by atoms with Gasteiger partial charge in [0.1, 0.15) is 11.4 Å². The van der Waals surface area contributed by atoms with Crippen LogP contribution in [0.4, 0.5) is 19.0 Å². The Morgan fingerprint density at radius 3 is 2.53 bits per heavy atom. The predicted octanol–water partition coefficient (Wildman–Crippen LogP) is 4.17. The van der Waals surface area contributed by atoms with Crippen LogP contribution in [0.5, 0.6) is 0 Å². The molecule has 0 saturated carbocycles. The predicted molar refractivity (Wildman–Crippen MR) is 113 cm³/mol. The number of nitrogens with one attached hydrogen (secondary N) is 1. The van der Waals surface area contributed by atoms with E-state index in [9.17, 15) is 18.0 Å². The lowest BCUT2D eigenvalue weighted by molar-refractivity contribution is -0.173. The van der Waals surface area contributed by atoms with Gasteiger partial charge in [0, 0.05) is 38.8 Å². The van der Waals surface area contributed by atoms with Gasteiger partial charge in [0.25, 0.3) is 5.91 Å². The molecule has 0 saturated heterocycles. The van der Waals surface area contributed by atoms with Gasteiger partial charge in [0.05, 0.1) is 17.9 Å². The highest BCUT2D eigenvalue weighted by atomic mass is 19.4. The number of halogens is 3. The molecule has 1 N–H and O–H groups in total. The number of amides is 1. The maximum atomic E-state index is 13.9. The van der Waals surface area contributed by atoms with Gasteiger partial charge in [0.2, 0.25) is 0 Å². The first kappa shape index (κ1) is 21.9. The van der Waals surface area contributed by atoms with E-state index in [1.165, 1.54) is 11.1 Å². The van der Waals surface area contributed by atoms with Crippen LogP contribution >= 0.6 is 0 Å². The summed E-state index contributed by atoms with van der Waals surface area (Å²) in [5.74, 6) is -0.323. The number of carbonyl (C=O) groups is 1. The summed E-state index contributed by atoms with van der Waals surface area (Å²) in [7, 11) is 3.40. The molecule has 2 aromatic heterocycles. The van der Waals surface area contributed by atoms with E-state index < -0.39 is 24.2 Å². The van der Waals surface area contributed by atoms with Gasteiger partial charge in [0.15, 0.2) is 6.04 Å². The van der Waals surface area contributed by atoms with Gasteiger partial charge in [-0.05, 0) is 19.4 Å². The highest BCUT2D eigenvalue weighted by molar-refractivity contribution is 5.98. The number of rotatable bonds is 4. The van der Waals surface area contributed by atoms with E-state index >= 15 is 0 Å². The minimum absolute atomic E-state index is 0.0870. The van der Waals surface area contributed by atoms with E-state index in [4.69, 9.17) is 0 Å². The van der Waals surface area contributed by atoms with E-state index in [-0.39, 0.29) is 24.3 Å². The molecule has 32 heavy (non-hydrogen) atoms. The summed E-state index contributed by atoms with van der Waals surface area (Å²) in [6.07, 6.45) is -1.67. The third-order valence-electron chi connectivity index (χ3n) is 5.82. The molecule has 1 aromatic carbocycles. The molecular weight excluding hydrogens is 421 g/mol. The van der Waals surface area contributed by atoms with Crippen LogP contribution in [-0.4, -0.2) is 43.6 Å². The van der Waals surface area contributed by atoms with Crippen LogP contribution in [0.15, 0.2) is 36.7 Å². The van der Waals surface area contributed by atoms with E-state index in [1.54, 1.807) is 18.8 Å². The Bertz CT molecular complexity index is 1130. The standard InChI is InChI=1S/C22H25F3N6O/c1-13-5-7-15(8-6-13)18-9-19(22(23,24)25)31-20(27-18)17(10-26-31)21(32)29(3)11-16-12-30(4)28-14(16)2/h5-8,10,12,18-19,27H,9,11H2,1-4H3/t18-,19+/m0/s1. The number of hydrogen-bond donors (Lipinski definition) is 1. The fraction of sp³-hybridized carbons (Fsp3) is 0.409. The van der Waals surface area contributed by atoms with Crippen molar-refractivity contribution in [2.45, 2.75) is 45.1 Å². The molecule has 4 rings (SSSR count). The molecule has 0 radical (unpaired) electrons. The second-order valence-electron chi connectivity index (χ2n) is 8.33. The maximum Gasteiger partial charge on any atom is 0.410 e. The number of nitrogens with zero attached hydrogens (tertiary/aromatic N) is 5. The normalized spacial score (nSPS) is 18.2. The molecule has 1 amide bonds. The Balaban J connectivity index is 1.66. The largest absolute Gasteiger partial charge is 0.410 e. The Hall–Kier alpha value is -3.30. The minimum Gasteiger partial charge on any atom is -0.363 e. The van der Waals surface area contributed by atoms with Crippen molar-refractivity contribution >= 4 is 11.7 Å². The Kier molecular flexibility index (Phi) is 5.47. The molecule has 170 valence electrons. The Morgan fingerprint density at radius 2 is 1.94 bits per heavy atom. The molecule has 3 heterocycles. The first-order valence-electron chi connectivity index (χ1n) is 10.3. The minimum atomic E-state index is -4.50. The van der Waals surface area contributed by atoms with Gasteiger partial charge in [-0.25, -0.2) is 4.68 Å². The molecule has 1 aliphatic heterocycles. The van der Waals surface area contributed by atoms with Crippen molar-refractivity contribution in [3.63, 3.8) is 0 Å². The third-order valence-corrected chi connectivity index (χ3v) is 5.82. The van der Waals surface area contributed by atoms with Crippen molar-refractivity contribution in [2.75, 3.05) is 12.4 Å². The molecule has 7 nitrogen and oxygen atoms in total. The smallest absolute Gasteiger partial charge is 0.363 e. The Morgan fingerprint density at radius 1 is 1.25 bits per heavy atom. The van der Waals surface area contributed by atoms with Crippen molar-refractivity contribution in [2.24, 2.45) is 7.05 Å². The first-order valence-corrected chi connectivity index (χ1v) is 10.3. The van der Waals surface area contributed by atoms with Crippen LogP contribution in [0.25, 0.3) is 0 Å². The third kappa shape index (κ3) is 4.09. The van der Waals surface area contributed by atoms with Gasteiger partial charge in [-0.3, -0.25) is 9.48 Å². The van der Waals surface area contributed by atoms with Crippen molar-refractivity contribution in [3.05, 3.63) is 64.6 Å². The molecule has 1 aliphatic rings. The fourth-order valence-electron chi connectivity index (χ4n) is 4.07. The number of benzene rings is 1. The molecule has 10 heteroatoms. The van der Waals surface area contributed by atoms with Gasteiger partial charge in [-0.15, -0.1) is 0 Å². The zero-order chi connectivity index (χ0) is 23.2. The fourth-order valence-corrected chi connectivity index (χ4v) is 4.07. The summed E-state index contributed by atoms with van der Waals surface area (Å²) in [5.41, 5.74) is 3.52. The van der Waals surface area contributed by atoms with Crippen molar-refractivity contribution in [3.8, 4) is 0 Å². The molecule has 0 spiro atoms. The maximum absolute atomic E-state index is 13.9. The monoisotopic (exact) mass is 446 g/mol. The van der Waals surface area contributed by atoms with Crippen LogP contribution in [0, 0.1) is 13.8 Å². The molecule has 3 aromatic rings. The summed E-state index contributed by atoms with van der Waals surface area (Å²) in [4.78, 5) is 14.6. The van der Waals surface area contributed by atoms with E-state index in [0.29, 0.717) is 0 Å². The van der Waals surface area contributed by atoms with Crippen molar-refractivity contribution < 1.29 is 18.0 Å². The SMILES string of the molecule is Cc1ccc([C@@H]2C[C@H](C(F)(F)F)n3ncc(C(=O)N(C)Cc4cn(C)nc4C)c3N2)cc1. The second kappa shape index (κ2) is 7.99. The second-order valence-corrected chi connectivity index (χ2v) is 8.33. The van der Waals surface area contributed by atoms with Crippen molar-refractivity contribution in [1.82, 2.24) is 24.5 Å². The number of alkyl halides is 3. The summed E-state index contributed by atoms with van der Waals surface area (Å²) in [5, 5.41) is 11.4. The zero-order valence-electron chi connectivity index (χ0n) is 18.3. The van der Waals surface area contributed by atoms with Gasteiger partial charge in [-0.2, -0.15) is 23.4 Å². The average molecular weight is 446 g/mol. The molecular formula is C22H25F3N6O. The summed E-state index contributed by atoms with van der Waals surface area (Å²) >= 11 is 0. The number of aromatic nitrogens is 4. The van der Waals surface area contributed by atoms with Crippen LogP contribution in [0.2, 0.25) is 0 Å². The molecule has 0 aliphatic carbocycles. The summed E-state index contributed by atoms with van der Waals surface area (Å²) in [6, 6.07) is 4.93. The van der Waals surface area contributed by atoms with Crippen LogP contribution in [0.1, 0.15) is 51.2 Å². The lowest BCUT2D eigenvalue weighted by Crippen LogP contribution is -2.36. The van der Waals surface area contributed by atoms with E-state index in [2.05, 4.69) is 15.5 Å². The lowest BCUT2D eigenvalue weighted by atomic mass is 9.96. The number of aryl methyl sites for hydroxylation is 3. The average Bonchev–Trinajstić information content (AvgIpc) is 3.28. The number of anilines is 1. The lowest BCUT2D eigenvalue weighted by Gasteiger charge is -2.34. The number of fused-ring (bicyclic) bond motifs is 1. The van der Waals surface area contributed by atoms with E-state index in [0.717, 1.165) is 27.1 Å². The quantitative estimate of drug-likeness (QED) is 0.653. The highest BCUT2D eigenvalue weighted by Gasteiger charge is 2.47. The van der Waals surface area contributed by atoms with Gasteiger partial charge in [-0.1, -0.05) is 29.8 Å². The molecule has 0 fully saturated rings. The molecule has 2 atom stereocenters. The number of carbonyl (C=O) groups excluding carboxylic acids is 1. The Labute approximate surface area is 183 Å². The summed E-state index contributed by atoms with van der Waals surface area (Å²) < 4.78 is 44.2. The van der Waals surface area contributed by atoms with Gasteiger partial charge < -0.3 is 10.2 Å². The molecule has 0 bridgehead atoms. The highest BCUT2D eigenvalue weighted by Crippen LogP contribution is 2.44. The first-order chi connectivity index (χ1) is 15.0. The van der Waals surface area contributed by atoms with E-state index in [1.807, 2.05) is 44.3 Å². The van der Waals surface area contributed by atoms with Crippen LogP contribution in [0.3, 0.4) is 0 Å². The van der Waals surface area contributed by atoms with Gasteiger partial charge >= 0.3 is 6.18 Å². The topological polar surface area (TPSA) is 68.0 Å². The van der Waals surface area contributed by atoms with Crippen LogP contribution in [-0.2, 0) is 13.6 Å². The number of hydrogen-bond acceptors (Lipinski definition) is 4. The molecule has 0 unspecified atom stereocenters. The summed E-state index contributed by atoms with van der Waals surface area (Å²) in [6.45, 7) is 4.05.